The van der Waals surface area contributed by atoms with Gasteiger partial charge in [-0.1, -0.05) is 17.4 Å². The lowest BCUT2D eigenvalue weighted by Gasteiger charge is -2.38. The molecule has 2 aromatic carbocycles. The van der Waals surface area contributed by atoms with E-state index in [0.717, 1.165) is 9.83 Å². The number of aromatic nitrogens is 1. The maximum absolute atomic E-state index is 14.0. The van der Waals surface area contributed by atoms with Gasteiger partial charge in [0, 0.05) is 39.3 Å². The Labute approximate surface area is 208 Å². The van der Waals surface area contributed by atoms with Crippen molar-refractivity contribution in [2.24, 2.45) is 5.92 Å². The van der Waals surface area contributed by atoms with Crippen molar-refractivity contribution in [3.63, 3.8) is 0 Å². The van der Waals surface area contributed by atoms with Crippen LogP contribution in [0.4, 0.5) is 9.52 Å². The lowest BCUT2D eigenvalue weighted by Crippen LogP contribution is -2.53. The lowest BCUT2D eigenvalue weighted by molar-refractivity contribution is -0.137. The van der Waals surface area contributed by atoms with Crippen LogP contribution in [0.1, 0.15) is 12.8 Å². The SMILES string of the molecule is COc1ccc(S(=O)(=O)N2CCCC(C(=O)N3CCN(c4nc5c(F)cccc5s4)CC3)C2)cc1. The van der Waals surface area contributed by atoms with E-state index in [1.165, 1.54) is 41.0 Å². The van der Waals surface area contributed by atoms with Crippen LogP contribution in [0.5, 0.6) is 5.75 Å². The predicted molar refractivity (Wildman–Crippen MR) is 133 cm³/mol. The van der Waals surface area contributed by atoms with Crippen molar-refractivity contribution < 1.29 is 22.3 Å². The van der Waals surface area contributed by atoms with Crippen LogP contribution in [-0.4, -0.2) is 74.9 Å². The van der Waals surface area contributed by atoms with E-state index in [1.54, 1.807) is 18.2 Å². The Bertz CT molecular complexity index is 1320. The molecule has 0 aliphatic carbocycles. The molecule has 2 fully saturated rings. The molecule has 3 aromatic rings. The van der Waals surface area contributed by atoms with E-state index in [4.69, 9.17) is 4.74 Å². The molecular weight excluding hydrogens is 491 g/mol. The van der Waals surface area contributed by atoms with Gasteiger partial charge in [-0.25, -0.2) is 17.8 Å². The van der Waals surface area contributed by atoms with E-state index in [-0.39, 0.29) is 29.1 Å². The highest BCUT2D eigenvalue weighted by molar-refractivity contribution is 7.89. The molecule has 0 radical (unpaired) electrons. The number of hydrogen-bond acceptors (Lipinski definition) is 7. The first-order valence-corrected chi connectivity index (χ1v) is 13.9. The van der Waals surface area contributed by atoms with Gasteiger partial charge in [-0.15, -0.1) is 0 Å². The zero-order valence-corrected chi connectivity index (χ0v) is 21.0. The van der Waals surface area contributed by atoms with Crippen molar-refractivity contribution in [1.29, 1.82) is 0 Å². The molecular formula is C24H27FN4O4S2. The van der Waals surface area contributed by atoms with E-state index >= 15 is 0 Å². The van der Waals surface area contributed by atoms with E-state index < -0.39 is 10.0 Å². The number of carbonyl (C=O) groups excluding carboxylic acids is 1. The molecule has 2 aliphatic rings. The minimum absolute atomic E-state index is 0.00498. The predicted octanol–water partition coefficient (Wildman–Crippen LogP) is 3.19. The molecule has 186 valence electrons. The molecule has 35 heavy (non-hydrogen) atoms. The minimum atomic E-state index is -3.68. The first-order chi connectivity index (χ1) is 16.9. The van der Waals surface area contributed by atoms with Crippen LogP contribution < -0.4 is 9.64 Å². The monoisotopic (exact) mass is 518 g/mol. The second-order valence-electron chi connectivity index (χ2n) is 8.77. The summed E-state index contributed by atoms with van der Waals surface area (Å²) in [5.41, 5.74) is 0.381. The van der Waals surface area contributed by atoms with Crippen LogP contribution in [0.2, 0.25) is 0 Å². The van der Waals surface area contributed by atoms with E-state index in [9.17, 15) is 17.6 Å². The number of rotatable bonds is 5. The van der Waals surface area contributed by atoms with Gasteiger partial charge in [0.05, 0.1) is 22.6 Å². The minimum Gasteiger partial charge on any atom is -0.497 e. The standard InChI is InChI=1S/C24H27FN4O4S2/c1-33-18-7-9-19(10-8-18)35(31,32)29-11-3-4-17(16-29)23(30)27-12-14-28(15-13-27)24-26-22-20(25)5-2-6-21(22)34-24/h2,5-10,17H,3-4,11-16H2,1H3. The number of amides is 1. The van der Waals surface area contributed by atoms with E-state index in [1.807, 2.05) is 11.0 Å². The molecule has 1 unspecified atom stereocenters. The third-order valence-electron chi connectivity index (χ3n) is 6.65. The van der Waals surface area contributed by atoms with Crippen LogP contribution in [0.15, 0.2) is 47.4 Å². The molecule has 0 saturated carbocycles. The fourth-order valence-corrected chi connectivity index (χ4v) is 7.23. The van der Waals surface area contributed by atoms with E-state index in [0.29, 0.717) is 56.8 Å². The number of thiazole rings is 1. The number of benzene rings is 2. The van der Waals surface area contributed by atoms with Crippen LogP contribution in [0, 0.1) is 11.7 Å². The Hall–Kier alpha value is -2.76. The number of piperazine rings is 1. The smallest absolute Gasteiger partial charge is 0.243 e. The van der Waals surface area contributed by atoms with Gasteiger partial charge in [0.1, 0.15) is 17.1 Å². The Morgan fingerprint density at radius 3 is 2.51 bits per heavy atom. The van der Waals surface area contributed by atoms with Gasteiger partial charge in [-0.3, -0.25) is 4.79 Å². The molecule has 2 saturated heterocycles. The van der Waals surface area contributed by atoms with Crippen molar-refractivity contribution in [1.82, 2.24) is 14.2 Å². The maximum atomic E-state index is 14.0. The van der Waals surface area contributed by atoms with Gasteiger partial charge in [0.25, 0.3) is 0 Å². The van der Waals surface area contributed by atoms with Crippen LogP contribution >= 0.6 is 11.3 Å². The number of ether oxygens (including phenoxy) is 1. The molecule has 0 bridgehead atoms. The van der Waals surface area contributed by atoms with Gasteiger partial charge >= 0.3 is 0 Å². The summed E-state index contributed by atoms with van der Waals surface area (Å²) in [5, 5.41) is 0.756. The second kappa shape index (κ2) is 9.71. The summed E-state index contributed by atoms with van der Waals surface area (Å²) < 4.78 is 47.7. The highest BCUT2D eigenvalue weighted by atomic mass is 32.2. The van der Waals surface area contributed by atoms with Crippen molar-refractivity contribution in [2.45, 2.75) is 17.7 Å². The van der Waals surface area contributed by atoms with Gasteiger partial charge in [-0.2, -0.15) is 4.31 Å². The zero-order chi connectivity index (χ0) is 24.6. The summed E-state index contributed by atoms with van der Waals surface area (Å²) in [5.74, 6) is -0.106. The number of carbonyl (C=O) groups is 1. The summed E-state index contributed by atoms with van der Waals surface area (Å²) >= 11 is 1.45. The van der Waals surface area contributed by atoms with Gasteiger partial charge in [-0.05, 0) is 49.2 Å². The molecule has 5 rings (SSSR count). The van der Waals surface area contributed by atoms with Crippen molar-refractivity contribution >= 4 is 42.6 Å². The third kappa shape index (κ3) is 4.72. The summed E-state index contributed by atoms with van der Waals surface area (Å²) in [7, 11) is -2.15. The molecule has 11 heteroatoms. The molecule has 8 nitrogen and oxygen atoms in total. The fraction of sp³-hybridized carbons (Fsp3) is 0.417. The number of halogens is 1. The molecule has 1 atom stereocenters. The summed E-state index contributed by atoms with van der Waals surface area (Å²) in [6, 6.07) is 11.3. The number of methoxy groups -OCH3 is 1. The highest BCUT2D eigenvalue weighted by Gasteiger charge is 2.36. The number of sulfonamides is 1. The van der Waals surface area contributed by atoms with Gasteiger partial charge < -0.3 is 14.5 Å². The second-order valence-corrected chi connectivity index (χ2v) is 11.7. The van der Waals surface area contributed by atoms with Crippen LogP contribution in [0.25, 0.3) is 10.2 Å². The Balaban J connectivity index is 1.22. The Morgan fingerprint density at radius 1 is 1.09 bits per heavy atom. The first kappa shape index (κ1) is 24.0. The summed E-state index contributed by atoms with van der Waals surface area (Å²) in [4.78, 5) is 21.8. The number of para-hydroxylation sites is 1. The zero-order valence-electron chi connectivity index (χ0n) is 19.4. The van der Waals surface area contributed by atoms with Crippen molar-refractivity contribution in [3.05, 3.63) is 48.3 Å². The third-order valence-corrected chi connectivity index (χ3v) is 9.61. The normalized spacial score (nSPS) is 19.8. The number of fused-ring (bicyclic) bond motifs is 1. The maximum Gasteiger partial charge on any atom is 0.243 e. The van der Waals surface area contributed by atoms with Crippen molar-refractivity contribution in [3.8, 4) is 5.75 Å². The van der Waals surface area contributed by atoms with Gasteiger partial charge in [0.2, 0.25) is 15.9 Å². The largest absolute Gasteiger partial charge is 0.497 e. The fourth-order valence-electron chi connectivity index (χ4n) is 4.67. The molecule has 0 N–H and O–H groups in total. The molecule has 2 aliphatic heterocycles. The topological polar surface area (TPSA) is 83.0 Å². The highest BCUT2D eigenvalue weighted by Crippen LogP contribution is 2.31. The van der Waals surface area contributed by atoms with Crippen LogP contribution in [-0.2, 0) is 14.8 Å². The number of nitrogens with zero attached hydrogens (tertiary/aromatic N) is 4. The van der Waals surface area contributed by atoms with Crippen molar-refractivity contribution in [2.75, 3.05) is 51.3 Å². The lowest BCUT2D eigenvalue weighted by atomic mass is 9.98. The molecule has 0 spiro atoms. The first-order valence-electron chi connectivity index (χ1n) is 11.6. The molecule has 3 heterocycles. The van der Waals surface area contributed by atoms with Gasteiger partial charge in [0.15, 0.2) is 5.13 Å². The summed E-state index contributed by atoms with van der Waals surface area (Å²) in [6.45, 7) is 2.85. The van der Waals surface area contributed by atoms with E-state index in [2.05, 4.69) is 9.88 Å². The Kier molecular flexibility index (Phi) is 6.65. The average Bonchev–Trinajstić information content (AvgIpc) is 3.34. The molecule has 1 aromatic heterocycles. The number of piperidine rings is 1. The average molecular weight is 519 g/mol. The Morgan fingerprint density at radius 2 is 1.83 bits per heavy atom. The summed E-state index contributed by atoms with van der Waals surface area (Å²) in [6.07, 6.45) is 1.31. The molecule has 1 amide bonds. The quantitative estimate of drug-likeness (QED) is 0.516. The van der Waals surface area contributed by atoms with Crippen LogP contribution in [0.3, 0.4) is 0 Å². The number of anilines is 1. The number of hydrogen-bond donors (Lipinski definition) is 0.